The van der Waals surface area contributed by atoms with Crippen molar-refractivity contribution in [1.82, 2.24) is 9.80 Å². The maximum atomic E-state index is 6.70. The van der Waals surface area contributed by atoms with E-state index in [9.17, 15) is 0 Å². The van der Waals surface area contributed by atoms with E-state index in [1.54, 1.807) is 28.1 Å². The lowest BCUT2D eigenvalue weighted by Crippen LogP contribution is -2.45. The molecule has 0 spiro atoms. The second-order valence-electron chi connectivity index (χ2n) is 13.0. The lowest BCUT2D eigenvalue weighted by atomic mass is 9.80. The first kappa shape index (κ1) is 22.8. The van der Waals surface area contributed by atoms with Gasteiger partial charge >= 0.3 is 0 Å². The lowest BCUT2D eigenvalue weighted by molar-refractivity contribution is 0.0973. The second-order valence-corrected chi connectivity index (χ2v) is 14.5. The summed E-state index contributed by atoms with van der Waals surface area (Å²) in [5.74, 6) is 2.64. The fourth-order valence-electron chi connectivity index (χ4n) is 9.46. The van der Waals surface area contributed by atoms with Crippen molar-refractivity contribution in [3.05, 3.63) is 113 Å². The van der Waals surface area contributed by atoms with Crippen molar-refractivity contribution in [3.63, 3.8) is 0 Å². The van der Waals surface area contributed by atoms with Crippen molar-refractivity contribution in [2.24, 2.45) is 17.8 Å². The molecule has 8 unspecified atom stereocenters. The molecule has 4 heteroatoms. The molecule has 0 aromatic carbocycles. The summed E-state index contributed by atoms with van der Waals surface area (Å²) in [7, 11) is 1.19. The highest BCUT2D eigenvalue weighted by atomic mass is 28.1. The highest BCUT2D eigenvalue weighted by molar-refractivity contribution is 6.12. The molecule has 0 aromatic heterocycles. The van der Waals surface area contributed by atoms with Crippen LogP contribution in [0.1, 0.15) is 44.9 Å². The normalized spacial score (nSPS) is 42.3. The van der Waals surface area contributed by atoms with Crippen molar-refractivity contribution in [3.8, 4) is 0 Å². The average Bonchev–Trinajstić information content (AvgIpc) is 3.74. The van der Waals surface area contributed by atoms with Crippen molar-refractivity contribution >= 4 is 10.2 Å². The Morgan fingerprint density at radius 1 is 0.923 bits per heavy atom. The van der Waals surface area contributed by atoms with Crippen molar-refractivity contribution in [1.29, 1.82) is 0 Å². The van der Waals surface area contributed by atoms with E-state index in [1.807, 2.05) is 0 Å². The summed E-state index contributed by atoms with van der Waals surface area (Å²) < 4.78 is 6.70. The van der Waals surface area contributed by atoms with Gasteiger partial charge in [-0.3, -0.25) is 0 Å². The summed E-state index contributed by atoms with van der Waals surface area (Å²) in [5.41, 5.74) is 12.2. The van der Waals surface area contributed by atoms with Crippen LogP contribution in [0.5, 0.6) is 0 Å². The van der Waals surface area contributed by atoms with E-state index >= 15 is 0 Å². The van der Waals surface area contributed by atoms with Gasteiger partial charge in [-0.25, -0.2) is 0 Å². The van der Waals surface area contributed by atoms with Crippen LogP contribution in [0.25, 0.3) is 0 Å². The van der Waals surface area contributed by atoms with E-state index in [1.165, 1.54) is 48.1 Å². The van der Waals surface area contributed by atoms with Gasteiger partial charge in [0.15, 0.2) is 0 Å². The van der Waals surface area contributed by atoms with E-state index in [0.717, 1.165) is 12.8 Å². The Balaban J connectivity index is 1.10. The topological polar surface area (TPSA) is 15.7 Å². The fourth-order valence-corrected chi connectivity index (χ4v) is 10.2. The third-order valence-corrected chi connectivity index (χ3v) is 12.2. The Bertz CT molecular complexity index is 1440. The summed E-state index contributed by atoms with van der Waals surface area (Å²) in [4.78, 5) is 5.69. The van der Waals surface area contributed by atoms with E-state index in [-0.39, 0.29) is 0 Å². The van der Waals surface area contributed by atoms with Crippen LogP contribution >= 0.6 is 0 Å². The van der Waals surface area contributed by atoms with E-state index in [4.69, 9.17) is 4.74 Å². The molecule has 0 radical (unpaired) electrons. The zero-order valence-corrected chi connectivity index (χ0v) is 24.9. The molecule has 0 saturated carbocycles. The largest absolute Gasteiger partial charge is 0.489 e. The molecule has 3 heterocycles. The van der Waals surface area contributed by atoms with Gasteiger partial charge in [-0.15, -0.1) is 5.73 Å². The van der Waals surface area contributed by atoms with Gasteiger partial charge < -0.3 is 14.5 Å². The molecule has 198 valence electrons. The molecule has 3 nitrogen and oxygen atoms in total. The van der Waals surface area contributed by atoms with Gasteiger partial charge in [0.1, 0.15) is 11.9 Å². The average molecular weight is 531 g/mol. The molecule has 1 fully saturated rings. The molecule has 9 rings (SSSR count). The minimum absolute atomic E-state index is 0.350. The van der Waals surface area contributed by atoms with Gasteiger partial charge in [-0.05, 0) is 85.4 Å². The first-order chi connectivity index (χ1) is 19.3. The van der Waals surface area contributed by atoms with E-state index < -0.39 is 0 Å². The highest BCUT2D eigenvalue weighted by Crippen LogP contribution is 2.54. The van der Waals surface area contributed by atoms with E-state index in [0.29, 0.717) is 53.6 Å². The molecule has 9 atom stereocenters. The maximum Gasteiger partial charge on any atom is 0.119 e. The van der Waals surface area contributed by atoms with Gasteiger partial charge in [0.25, 0.3) is 0 Å². The maximum absolute atomic E-state index is 6.70. The number of allylic oxidation sites excluding steroid dienone is 8. The van der Waals surface area contributed by atoms with Gasteiger partial charge in [0, 0.05) is 39.5 Å². The third kappa shape index (κ3) is 3.16. The molecule has 9 aliphatic rings. The molecule has 0 bridgehead atoms. The zero-order valence-electron chi connectivity index (χ0n) is 22.9. The van der Waals surface area contributed by atoms with Crippen LogP contribution in [-0.2, 0) is 4.74 Å². The van der Waals surface area contributed by atoms with Gasteiger partial charge in [0.05, 0.1) is 24.0 Å². The number of hydrogen-bond acceptors (Lipinski definition) is 3. The van der Waals surface area contributed by atoms with Crippen LogP contribution < -0.4 is 0 Å². The summed E-state index contributed by atoms with van der Waals surface area (Å²) in [6.07, 6.45) is 37.7. The first-order valence-electron chi connectivity index (χ1n) is 15.5. The molecule has 3 aliphatic heterocycles. The summed E-state index contributed by atoms with van der Waals surface area (Å²) in [6, 6.07) is 1.87. The number of ether oxygens (including phenoxy) is 1. The number of hydrogen-bond donors (Lipinski definition) is 0. The first-order valence-corrected chi connectivity index (χ1v) is 16.7. The fraction of sp³-hybridized carbons (Fsp3) is 0.457. The van der Waals surface area contributed by atoms with E-state index in [2.05, 4.69) is 88.4 Å². The predicted molar refractivity (Wildman–Crippen MR) is 160 cm³/mol. The minimum atomic E-state index is 0.350. The standard InChI is InChI=1S/C35H38N2OSi/c39-33-19-18-31(34-25-10-3-6-15-32(25)38-35(33)34)37-29-13-5-2-9-24(29)26-20-21(16-17-30(26)37)36-27-12-4-1-8-22(27)23-11-7-14-28(23)36/h1-2,5-6,8-9,11,13-15,18,20-21,23-24,28-30,33-35H,3-4,10,12,16-17,19H2,39H3/t21?,23?,24-,28?,29?,30?,33?,34?,35?/m1/s1. The quantitative estimate of drug-likeness (QED) is 0.264. The van der Waals surface area contributed by atoms with Crippen molar-refractivity contribution in [2.45, 2.75) is 80.8 Å². The van der Waals surface area contributed by atoms with Crippen molar-refractivity contribution < 1.29 is 4.74 Å². The third-order valence-electron chi connectivity index (χ3n) is 11.1. The summed E-state index contributed by atoms with van der Waals surface area (Å²) in [6.45, 7) is 0. The Morgan fingerprint density at radius 2 is 1.82 bits per heavy atom. The summed E-state index contributed by atoms with van der Waals surface area (Å²) >= 11 is 0. The second kappa shape index (κ2) is 8.53. The Hall–Kier alpha value is -2.94. The number of likely N-dealkylation sites (tertiary alicyclic amines) is 1. The minimum Gasteiger partial charge on any atom is -0.489 e. The Labute approximate surface area is 235 Å². The SMILES string of the molecule is [SiH3]C1CC=C(N2C3CCC(N4C5=C(C=CCC5)C5C=C=CC54)C=C3[C@H]3C=CC=CC32)C2C3=C(C=CCC3)OC12. The molecule has 0 aromatic rings. The van der Waals surface area contributed by atoms with Gasteiger partial charge in [0.2, 0.25) is 0 Å². The van der Waals surface area contributed by atoms with Gasteiger partial charge in [-0.2, -0.15) is 0 Å². The van der Waals surface area contributed by atoms with Crippen LogP contribution in [0.4, 0.5) is 0 Å². The lowest BCUT2D eigenvalue weighted by Gasteiger charge is -2.44. The van der Waals surface area contributed by atoms with Crippen LogP contribution in [0.15, 0.2) is 113 Å². The monoisotopic (exact) mass is 530 g/mol. The smallest absolute Gasteiger partial charge is 0.119 e. The number of fused-ring (bicyclic) bond motifs is 7. The van der Waals surface area contributed by atoms with Crippen LogP contribution in [0.3, 0.4) is 0 Å². The van der Waals surface area contributed by atoms with Crippen LogP contribution in [0, 0.1) is 17.8 Å². The predicted octanol–water partition coefficient (Wildman–Crippen LogP) is 5.56. The molecular weight excluding hydrogens is 492 g/mol. The van der Waals surface area contributed by atoms with Crippen molar-refractivity contribution in [2.75, 3.05) is 0 Å². The highest BCUT2D eigenvalue weighted by Gasteiger charge is 2.53. The molecule has 0 amide bonds. The molecule has 39 heavy (non-hydrogen) atoms. The van der Waals surface area contributed by atoms with Crippen LogP contribution in [0.2, 0.25) is 5.54 Å². The zero-order chi connectivity index (χ0) is 25.7. The summed E-state index contributed by atoms with van der Waals surface area (Å²) in [5, 5.41) is 0. The Morgan fingerprint density at radius 3 is 2.79 bits per heavy atom. The number of rotatable bonds is 2. The molecule has 1 saturated heterocycles. The Kier molecular flexibility index (Phi) is 4.99. The van der Waals surface area contributed by atoms with Crippen LogP contribution in [-0.4, -0.2) is 50.3 Å². The number of nitrogens with zero attached hydrogens (tertiary/aromatic N) is 2. The molecule has 0 N–H and O–H groups in total. The van der Waals surface area contributed by atoms with Gasteiger partial charge in [-0.1, -0.05) is 54.7 Å². The molecule has 6 aliphatic carbocycles. The molecular formula is C35H38N2OSi.